The fraction of sp³-hybridized carbons (Fsp3) is 0.333. The number of rotatable bonds is 4. The van der Waals surface area contributed by atoms with Crippen LogP contribution in [-0.2, 0) is 6.42 Å². The number of halogens is 1. The van der Waals surface area contributed by atoms with Gasteiger partial charge in [0, 0.05) is 11.1 Å². The van der Waals surface area contributed by atoms with Crippen LogP contribution in [0.5, 0.6) is 5.75 Å². The standard InChI is InChI=1S/C15H16BrNO2/c1-18-13-3-2-10(14-12(16)4-7-19-14)8-11(13)9-15(17)5-6-15/h2-4,7-8H,5-6,9,17H2,1H3. The van der Waals surface area contributed by atoms with Crippen molar-refractivity contribution >= 4 is 15.9 Å². The number of hydrogen-bond acceptors (Lipinski definition) is 3. The quantitative estimate of drug-likeness (QED) is 0.932. The summed E-state index contributed by atoms with van der Waals surface area (Å²) in [4.78, 5) is 0. The Morgan fingerprint density at radius 2 is 2.16 bits per heavy atom. The lowest BCUT2D eigenvalue weighted by Gasteiger charge is -2.14. The number of hydrogen-bond donors (Lipinski definition) is 1. The Morgan fingerprint density at radius 3 is 2.74 bits per heavy atom. The molecule has 3 nitrogen and oxygen atoms in total. The van der Waals surface area contributed by atoms with E-state index < -0.39 is 0 Å². The van der Waals surface area contributed by atoms with E-state index in [-0.39, 0.29) is 5.54 Å². The molecule has 0 bridgehead atoms. The molecule has 0 saturated heterocycles. The van der Waals surface area contributed by atoms with E-state index in [4.69, 9.17) is 14.9 Å². The van der Waals surface area contributed by atoms with Crippen molar-refractivity contribution < 1.29 is 9.15 Å². The smallest absolute Gasteiger partial charge is 0.148 e. The predicted molar refractivity (Wildman–Crippen MR) is 78.3 cm³/mol. The summed E-state index contributed by atoms with van der Waals surface area (Å²) in [5, 5.41) is 0. The maximum Gasteiger partial charge on any atom is 0.148 e. The number of furan rings is 1. The average Bonchev–Trinajstić information content (AvgIpc) is 2.96. The number of benzene rings is 1. The first-order valence-electron chi connectivity index (χ1n) is 6.30. The first-order valence-corrected chi connectivity index (χ1v) is 7.10. The highest BCUT2D eigenvalue weighted by molar-refractivity contribution is 9.10. The summed E-state index contributed by atoms with van der Waals surface area (Å²) in [5.41, 5.74) is 8.36. The van der Waals surface area contributed by atoms with Gasteiger partial charge in [-0.2, -0.15) is 0 Å². The molecule has 1 saturated carbocycles. The topological polar surface area (TPSA) is 48.4 Å². The molecule has 3 rings (SSSR count). The van der Waals surface area contributed by atoms with Crippen molar-refractivity contribution in [2.45, 2.75) is 24.8 Å². The molecule has 0 amide bonds. The zero-order valence-electron chi connectivity index (χ0n) is 10.8. The van der Waals surface area contributed by atoms with Crippen LogP contribution in [0.1, 0.15) is 18.4 Å². The number of methoxy groups -OCH3 is 1. The maximum atomic E-state index is 6.21. The van der Waals surface area contributed by atoms with Gasteiger partial charge in [-0.05, 0) is 65.0 Å². The molecule has 19 heavy (non-hydrogen) atoms. The molecule has 0 radical (unpaired) electrons. The first-order chi connectivity index (χ1) is 9.11. The molecule has 2 N–H and O–H groups in total. The Labute approximate surface area is 120 Å². The summed E-state index contributed by atoms with van der Waals surface area (Å²) in [7, 11) is 1.69. The van der Waals surface area contributed by atoms with E-state index in [1.165, 1.54) is 0 Å². The maximum absolute atomic E-state index is 6.21. The van der Waals surface area contributed by atoms with Crippen molar-refractivity contribution in [1.82, 2.24) is 0 Å². The summed E-state index contributed by atoms with van der Waals surface area (Å²) < 4.78 is 11.9. The van der Waals surface area contributed by atoms with E-state index in [9.17, 15) is 0 Å². The van der Waals surface area contributed by atoms with Gasteiger partial charge < -0.3 is 14.9 Å². The fourth-order valence-corrected chi connectivity index (χ4v) is 2.70. The summed E-state index contributed by atoms with van der Waals surface area (Å²) >= 11 is 3.49. The van der Waals surface area contributed by atoms with Crippen LogP contribution in [0.4, 0.5) is 0 Å². The SMILES string of the molecule is COc1ccc(-c2occc2Br)cc1CC1(N)CC1. The average molecular weight is 322 g/mol. The Balaban J connectivity index is 1.99. The molecule has 0 aliphatic heterocycles. The van der Waals surface area contributed by atoms with Crippen LogP contribution in [0.3, 0.4) is 0 Å². The molecular formula is C15H16BrNO2. The van der Waals surface area contributed by atoms with Gasteiger partial charge in [0.25, 0.3) is 0 Å². The van der Waals surface area contributed by atoms with Gasteiger partial charge in [-0.1, -0.05) is 0 Å². The van der Waals surface area contributed by atoms with Crippen LogP contribution < -0.4 is 10.5 Å². The third-order valence-electron chi connectivity index (χ3n) is 3.59. The van der Waals surface area contributed by atoms with Crippen molar-refractivity contribution in [3.8, 4) is 17.1 Å². The fourth-order valence-electron chi connectivity index (χ4n) is 2.27. The van der Waals surface area contributed by atoms with Gasteiger partial charge in [0.05, 0.1) is 17.8 Å². The number of ether oxygens (including phenoxy) is 1. The summed E-state index contributed by atoms with van der Waals surface area (Å²) in [5.74, 6) is 1.73. The minimum atomic E-state index is -0.0354. The van der Waals surface area contributed by atoms with Crippen molar-refractivity contribution in [2.75, 3.05) is 7.11 Å². The van der Waals surface area contributed by atoms with E-state index in [0.29, 0.717) is 0 Å². The predicted octanol–water partition coefficient (Wildman–Crippen LogP) is 3.75. The number of nitrogens with two attached hydrogens (primary N) is 1. The van der Waals surface area contributed by atoms with Gasteiger partial charge in [-0.15, -0.1) is 0 Å². The van der Waals surface area contributed by atoms with Gasteiger partial charge in [-0.3, -0.25) is 0 Å². The van der Waals surface area contributed by atoms with Crippen LogP contribution in [0.2, 0.25) is 0 Å². The van der Waals surface area contributed by atoms with E-state index in [2.05, 4.69) is 22.0 Å². The summed E-state index contributed by atoms with van der Waals surface area (Å²) in [6.45, 7) is 0. The van der Waals surface area contributed by atoms with Gasteiger partial charge in [-0.25, -0.2) is 0 Å². The Morgan fingerprint density at radius 1 is 1.37 bits per heavy atom. The van der Waals surface area contributed by atoms with Crippen molar-refractivity contribution in [3.05, 3.63) is 40.6 Å². The minimum Gasteiger partial charge on any atom is -0.496 e. The highest BCUT2D eigenvalue weighted by Gasteiger charge is 2.38. The zero-order chi connectivity index (χ0) is 13.5. The highest BCUT2D eigenvalue weighted by atomic mass is 79.9. The monoisotopic (exact) mass is 321 g/mol. The minimum absolute atomic E-state index is 0.0354. The molecule has 0 unspecified atom stereocenters. The first kappa shape index (κ1) is 12.8. The highest BCUT2D eigenvalue weighted by Crippen LogP contribution is 2.39. The zero-order valence-corrected chi connectivity index (χ0v) is 12.4. The molecule has 100 valence electrons. The van der Waals surface area contributed by atoms with Gasteiger partial charge in [0.15, 0.2) is 0 Å². The summed E-state index contributed by atoms with van der Waals surface area (Å²) in [6.07, 6.45) is 4.70. The molecule has 0 atom stereocenters. The molecule has 1 aliphatic carbocycles. The molecule has 2 aromatic rings. The lowest BCUT2D eigenvalue weighted by Crippen LogP contribution is -2.24. The van der Waals surface area contributed by atoms with E-state index in [1.807, 2.05) is 18.2 Å². The molecule has 4 heteroatoms. The Kier molecular flexibility index (Phi) is 3.15. The largest absolute Gasteiger partial charge is 0.496 e. The lowest BCUT2D eigenvalue weighted by atomic mass is 10.0. The van der Waals surface area contributed by atoms with Crippen LogP contribution >= 0.6 is 15.9 Å². The van der Waals surface area contributed by atoms with E-state index >= 15 is 0 Å². The molecule has 0 spiro atoms. The third kappa shape index (κ3) is 2.55. The normalized spacial score (nSPS) is 16.4. The molecule has 1 fully saturated rings. The molecule has 1 aromatic heterocycles. The second kappa shape index (κ2) is 4.69. The third-order valence-corrected chi connectivity index (χ3v) is 4.22. The molecule has 1 heterocycles. The van der Waals surface area contributed by atoms with Crippen LogP contribution in [0.25, 0.3) is 11.3 Å². The molecule has 1 aliphatic rings. The Bertz CT molecular complexity index is 602. The van der Waals surface area contributed by atoms with E-state index in [0.717, 1.165) is 46.4 Å². The van der Waals surface area contributed by atoms with Gasteiger partial charge in [0.2, 0.25) is 0 Å². The van der Waals surface area contributed by atoms with Crippen LogP contribution in [0, 0.1) is 0 Å². The molecular weight excluding hydrogens is 306 g/mol. The van der Waals surface area contributed by atoms with Gasteiger partial charge >= 0.3 is 0 Å². The lowest BCUT2D eigenvalue weighted by molar-refractivity contribution is 0.407. The summed E-state index contributed by atoms with van der Waals surface area (Å²) in [6, 6.07) is 7.98. The molecule has 1 aromatic carbocycles. The van der Waals surface area contributed by atoms with E-state index in [1.54, 1.807) is 13.4 Å². The second-order valence-electron chi connectivity index (χ2n) is 5.16. The van der Waals surface area contributed by atoms with Gasteiger partial charge in [0.1, 0.15) is 11.5 Å². The van der Waals surface area contributed by atoms with Crippen LogP contribution in [-0.4, -0.2) is 12.6 Å². The second-order valence-corrected chi connectivity index (χ2v) is 6.02. The van der Waals surface area contributed by atoms with Crippen molar-refractivity contribution in [1.29, 1.82) is 0 Å². The van der Waals surface area contributed by atoms with Crippen molar-refractivity contribution in [2.24, 2.45) is 5.73 Å². The Hall–Kier alpha value is -1.26. The van der Waals surface area contributed by atoms with Crippen molar-refractivity contribution in [3.63, 3.8) is 0 Å². The van der Waals surface area contributed by atoms with Crippen LogP contribution in [0.15, 0.2) is 39.4 Å².